The normalized spacial score (nSPS) is 21.9. The number of nitrogens with one attached hydrogen (secondary N) is 3. The fourth-order valence-corrected chi connectivity index (χ4v) is 4.83. The lowest BCUT2D eigenvalue weighted by Crippen LogP contribution is -2.42. The highest BCUT2D eigenvalue weighted by Gasteiger charge is 2.26. The number of amides is 1. The average Bonchev–Trinajstić information content (AvgIpc) is 3.69. The summed E-state index contributed by atoms with van der Waals surface area (Å²) in [6.07, 6.45) is 8.23. The molecule has 0 bridgehead atoms. The number of rotatable bonds is 9. The molecular formula is C29H39N5O3. The third-order valence-corrected chi connectivity index (χ3v) is 7.51. The molecule has 0 aromatic heterocycles. The highest BCUT2D eigenvalue weighted by Crippen LogP contribution is 2.29. The maximum absolute atomic E-state index is 12.7. The summed E-state index contributed by atoms with van der Waals surface area (Å²) in [5.41, 5.74) is 3.56. The molecule has 198 valence electrons. The number of carbonyl (C=O) groups is 1. The number of carbonyl (C=O) groups excluding carboxylic acids is 1. The molecule has 3 N–H and O–H groups in total. The number of allylic oxidation sites excluding steroid dienone is 2. The van der Waals surface area contributed by atoms with Crippen LogP contribution in [0.25, 0.3) is 5.57 Å². The van der Waals surface area contributed by atoms with Crippen molar-refractivity contribution >= 4 is 17.3 Å². The Morgan fingerprint density at radius 3 is 2.51 bits per heavy atom. The Balaban J connectivity index is 1.40. The van der Waals surface area contributed by atoms with E-state index in [-0.39, 0.29) is 5.91 Å². The van der Waals surface area contributed by atoms with Gasteiger partial charge in [-0.1, -0.05) is 24.8 Å². The summed E-state index contributed by atoms with van der Waals surface area (Å²) in [4.78, 5) is 19.7. The highest BCUT2D eigenvalue weighted by molar-refractivity contribution is 5.98. The molecule has 37 heavy (non-hydrogen) atoms. The molecule has 0 atom stereocenters. The first-order valence-corrected chi connectivity index (χ1v) is 13.5. The minimum absolute atomic E-state index is 0.00107. The van der Waals surface area contributed by atoms with Gasteiger partial charge in [0.2, 0.25) is 0 Å². The van der Waals surface area contributed by atoms with Crippen molar-refractivity contribution in [1.82, 2.24) is 20.9 Å². The molecule has 1 aromatic rings. The number of hydrogen-bond donors (Lipinski definition) is 3. The van der Waals surface area contributed by atoms with E-state index in [0.29, 0.717) is 23.4 Å². The van der Waals surface area contributed by atoms with Crippen molar-refractivity contribution in [3.8, 4) is 0 Å². The van der Waals surface area contributed by atoms with E-state index < -0.39 is 0 Å². The molecule has 1 aliphatic carbocycles. The molecule has 1 amide bonds. The van der Waals surface area contributed by atoms with Gasteiger partial charge in [0.25, 0.3) is 5.91 Å². The van der Waals surface area contributed by atoms with E-state index in [1.165, 1.54) is 0 Å². The van der Waals surface area contributed by atoms with Gasteiger partial charge in [-0.15, -0.1) is 0 Å². The Bertz CT molecular complexity index is 1110. The second kappa shape index (κ2) is 11.5. The lowest BCUT2D eigenvalue weighted by molar-refractivity contribution is -0.0287. The van der Waals surface area contributed by atoms with Gasteiger partial charge in [0.15, 0.2) is 0 Å². The predicted molar refractivity (Wildman–Crippen MR) is 146 cm³/mol. The number of aliphatic imine (C=N–C) groups is 1. The van der Waals surface area contributed by atoms with Crippen LogP contribution in [0.15, 0.2) is 53.6 Å². The van der Waals surface area contributed by atoms with Gasteiger partial charge >= 0.3 is 0 Å². The summed E-state index contributed by atoms with van der Waals surface area (Å²) in [6, 6.07) is 6.30. The Hall–Kier alpha value is -3.10. The molecule has 8 heteroatoms. The monoisotopic (exact) mass is 505 g/mol. The summed E-state index contributed by atoms with van der Waals surface area (Å²) in [5, 5.41) is 10.3. The minimum atomic E-state index is 0.00107. The van der Waals surface area contributed by atoms with Crippen molar-refractivity contribution in [2.45, 2.75) is 38.6 Å². The van der Waals surface area contributed by atoms with Crippen LogP contribution in [-0.4, -0.2) is 69.2 Å². The van der Waals surface area contributed by atoms with E-state index in [4.69, 9.17) is 14.5 Å². The first-order chi connectivity index (χ1) is 18.0. The van der Waals surface area contributed by atoms with Crippen LogP contribution in [0.1, 0.15) is 47.2 Å². The second-order valence-corrected chi connectivity index (χ2v) is 10.5. The van der Waals surface area contributed by atoms with Gasteiger partial charge in [0.05, 0.1) is 13.2 Å². The van der Waals surface area contributed by atoms with Crippen molar-refractivity contribution in [2.75, 3.05) is 46.6 Å². The molecule has 0 radical (unpaired) electrons. The molecule has 4 aliphatic rings. The molecule has 3 heterocycles. The van der Waals surface area contributed by atoms with Crippen molar-refractivity contribution in [3.63, 3.8) is 0 Å². The Labute approximate surface area is 219 Å². The molecule has 2 saturated heterocycles. The van der Waals surface area contributed by atoms with Crippen LogP contribution < -0.4 is 16.0 Å². The fourth-order valence-electron chi connectivity index (χ4n) is 4.83. The standard InChI is InChI=1S/C29H39N5O3/c1-4-24(22-5-8-25(19(2)13-22)29(35)32-23-6-7-23)28-33-26(30-16-21-17-37-18-21)14-27(34(28)3)31-15-20-9-11-36-12-10-20/h4-5,8,13-14,20-21,23,31H,1,6-7,9-12,15-18H2,2-3H3,(H,30,33)(H,32,35)/b28-24+. The quantitative estimate of drug-likeness (QED) is 0.478. The van der Waals surface area contributed by atoms with Crippen molar-refractivity contribution in [3.05, 3.63) is 65.3 Å². The van der Waals surface area contributed by atoms with E-state index in [2.05, 4.69) is 39.6 Å². The van der Waals surface area contributed by atoms with Crippen LogP contribution in [0.5, 0.6) is 0 Å². The zero-order chi connectivity index (χ0) is 25.8. The third kappa shape index (κ3) is 6.25. The topological polar surface area (TPSA) is 87.2 Å². The summed E-state index contributed by atoms with van der Waals surface area (Å²) in [5.74, 6) is 3.74. The predicted octanol–water partition coefficient (Wildman–Crippen LogP) is 3.18. The molecule has 3 aliphatic heterocycles. The van der Waals surface area contributed by atoms with E-state index in [1.807, 2.05) is 32.2 Å². The third-order valence-electron chi connectivity index (χ3n) is 7.51. The number of ether oxygens (including phenoxy) is 2. The summed E-state index contributed by atoms with van der Waals surface area (Å²) < 4.78 is 10.9. The number of hydrogen-bond acceptors (Lipinski definition) is 7. The molecule has 8 nitrogen and oxygen atoms in total. The van der Waals surface area contributed by atoms with Crippen LogP contribution in [0.4, 0.5) is 0 Å². The van der Waals surface area contributed by atoms with Gasteiger partial charge in [0, 0.05) is 62.5 Å². The molecular weight excluding hydrogens is 466 g/mol. The Morgan fingerprint density at radius 1 is 1.11 bits per heavy atom. The van der Waals surface area contributed by atoms with E-state index in [0.717, 1.165) is 99.4 Å². The van der Waals surface area contributed by atoms with Crippen molar-refractivity contribution in [2.24, 2.45) is 16.8 Å². The lowest BCUT2D eigenvalue weighted by Gasteiger charge is -2.32. The van der Waals surface area contributed by atoms with Gasteiger partial charge in [-0.25, -0.2) is 4.99 Å². The number of aryl methyl sites for hydroxylation is 1. The first kappa shape index (κ1) is 25.5. The fraction of sp³-hybridized carbons (Fsp3) is 0.517. The van der Waals surface area contributed by atoms with E-state index in [1.54, 1.807) is 0 Å². The molecule has 3 fully saturated rings. The Morgan fingerprint density at radius 2 is 1.86 bits per heavy atom. The van der Waals surface area contributed by atoms with Crippen molar-refractivity contribution < 1.29 is 14.3 Å². The van der Waals surface area contributed by atoms with Gasteiger partial charge in [-0.2, -0.15) is 0 Å². The smallest absolute Gasteiger partial charge is 0.251 e. The lowest BCUT2D eigenvalue weighted by atomic mass is 9.98. The molecule has 0 unspecified atom stereocenters. The number of amidine groups is 1. The van der Waals surface area contributed by atoms with E-state index >= 15 is 0 Å². The van der Waals surface area contributed by atoms with Crippen LogP contribution in [0.3, 0.4) is 0 Å². The van der Waals surface area contributed by atoms with Gasteiger partial charge in [-0.05, 0) is 55.7 Å². The molecule has 1 saturated carbocycles. The zero-order valence-electron chi connectivity index (χ0n) is 22.0. The number of nitrogens with zero attached hydrogens (tertiary/aromatic N) is 2. The first-order valence-electron chi connectivity index (χ1n) is 13.5. The highest BCUT2D eigenvalue weighted by atomic mass is 16.5. The van der Waals surface area contributed by atoms with Crippen LogP contribution in [0.2, 0.25) is 0 Å². The van der Waals surface area contributed by atoms with Crippen molar-refractivity contribution in [1.29, 1.82) is 0 Å². The summed E-state index contributed by atoms with van der Waals surface area (Å²) >= 11 is 0. The Kier molecular flexibility index (Phi) is 7.96. The van der Waals surface area contributed by atoms with Crippen LogP contribution in [-0.2, 0) is 9.47 Å². The van der Waals surface area contributed by atoms with Gasteiger partial charge in [-0.3, -0.25) is 4.79 Å². The molecule has 5 rings (SSSR count). The molecule has 1 aromatic carbocycles. The second-order valence-electron chi connectivity index (χ2n) is 10.5. The van der Waals surface area contributed by atoms with E-state index in [9.17, 15) is 4.79 Å². The van der Waals surface area contributed by atoms with Gasteiger partial charge in [0.1, 0.15) is 17.5 Å². The van der Waals surface area contributed by atoms with Gasteiger partial charge < -0.3 is 30.3 Å². The maximum atomic E-state index is 12.7. The largest absolute Gasteiger partial charge is 0.381 e. The SMILES string of the molecule is C=C/C(=C1/N=C(NCC2COC2)C=C(NCC2CCOCC2)N1C)c1ccc(C(=O)NC2CC2)c(C)c1. The number of benzene rings is 1. The van der Waals surface area contributed by atoms with Crippen LogP contribution in [0, 0.1) is 18.8 Å². The maximum Gasteiger partial charge on any atom is 0.251 e. The zero-order valence-corrected chi connectivity index (χ0v) is 22.0. The summed E-state index contributed by atoms with van der Waals surface area (Å²) in [6.45, 7) is 11.1. The van der Waals surface area contributed by atoms with Crippen LogP contribution >= 0.6 is 0 Å². The summed E-state index contributed by atoms with van der Waals surface area (Å²) in [7, 11) is 2.03. The minimum Gasteiger partial charge on any atom is -0.381 e. The average molecular weight is 506 g/mol. The molecule has 0 spiro atoms.